The van der Waals surface area contributed by atoms with Gasteiger partial charge in [-0.05, 0) is 0 Å². The second-order valence-corrected chi connectivity index (χ2v) is 4.05. The first-order chi connectivity index (χ1) is 6.75. The first kappa shape index (κ1) is 9.37. The largest absolute Gasteiger partial charge is 0.278 e. The average Bonchev–Trinajstić information content (AvgIpc) is 2.18. The van der Waals surface area contributed by atoms with Crippen molar-refractivity contribution in [2.45, 2.75) is 0 Å². The number of nitrogens with zero attached hydrogens (tertiary/aromatic N) is 1. The standard InChI is InChI=1S/C10H6ClNOS/c11-8-6-9(13)14-10(12-8)7-4-2-1-3-5-7/h1-6H. The van der Waals surface area contributed by atoms with Crippen LogP contribution in [-0.2, 0) is 0 Å². The van der Waals surface area contributed by atoms with Gasteiger partial charge in [0, 0.05) is 11.6 Å². The van der Waals surface area contributed by atoms with E-state index >= 15 is 0 Å². The van der Waals surface area contributed by atoms with Gasteiger partial charge in [-0.2, -0.15) is 0 Å². The van der Waals surface area contributed by atoms with Crippen molar-refractivity contribution in [3.8, 4) is 10.6 Å². The zero-order valence-corrected chi connectivity index (χ0v) is 8.68. The Morgan fingerprint density at radius 1 is 1.21 bits per heavy atom. The lowest BCUT2D eigenvalue weighted by Crippen LogP contribution is -1.94. The van der Waals surface area contributed by atoms with Crippen molar-refractivity contribution >= 4 is 22.9 Å². The molecule has 0 N–H and O–H groups in total. The Hall–Kier alpha value is -1.19. The quantitative estimate of drug-likeness (QED) is 0.744. The van der Waals surface area contributed by atoms with E-state index in [-0.39, 0.29) is 9.90 Å². The highest BCUT2D eigenvalue weighted by Gasteiger charge is 2.02. The van der Waals surface area contributed by atoms with Crippen molar-refractivity contribution in [2.24, 2.45) is 0 Å². The molecule has 0 aliphatic rings. The molecule has 0 aliphatic heterocycles. The van der Waals surface area contributed by atoms with E-state index in [1.165, 1.54) is 6.07 Å². The third-order valence-corrected chi connectivity index (χ3v) is 2.70. The summed E-state index contributed by atoms with van der Waals surface area (Å²) >= 11 is 6.79. The molecule has 1 aromatic heterocycles. The maximum absolute atomic E-state index is 11.2. The van der Waals surface area contributed by atoms with Crippen LogP contribution in [0.4, 0.5) is 0 Å². The normalized spacial score (nSPS) is 10.1. The third-order valence-electron chi connectivity index (χ3n) is 1.66. The van der Waals surface area contributed by atoms with Gasteiger partial charge in [0.15, 0.2) is 0 Å². The Bertz CT molecular complexity index is 495. The van der Waals surface area contributed by atoms with Crippen LogP contribution in [0, 0.1) is 0 Å². The Balaban J connectivity index is 2.58. The number of rotatable bonds is 1. The van der Waals surface area contributed by atoms with Crippen LogP contribution in [-0.4, -0.2) is 4.98 Å². The summed E-state index contributed by atoms with van der Waals surface area (Å²) in [6.45, 7) is 0. The van der Waals surface area contributed by atoms with Crippen molar-refractivity contribution in [2.75, 3.05) is 0 Å². The van der Waals surface area contributed by atoms with E-state index in [1.807, 2.05) is 30.3 Å². The van der Waals surface area contributed by atoms with Crippen LogP contribution in [0.5, 0.6) is 0 Å². The highest BCUT2D eigenvalue weighted by Crippen LogP contribution is 2.19. The number of hydrogen-bond donors (Lipinski definition) is 0. The Labute approximate surface area is 89.8 Å². The summed E-state index contributed by atoms with van der Waals surface area (Å²) in [5.74, 6) is 0. The molecule has 0 fully saturated rings. The predicted molar refractivity (Wildman–Crippen MR) is 58.8 cm³/mol. The molecule has 14 heavy (non-hydrogen) atoms. The second kappa shape index (κ2) is 3.90. The molecular weight excluding hydrogens is 218 g/mol. The van der Waals surface area contributed by atoms with Gasteiger partial charge in [-0.3, -0.25) is 4.79 Å². The SMILES string of the molecule is O=c1cc(Cl)nc(-c2ccccc2)s1. The van der Waals surface area contributed by atoms with Crippen molar-refractivity contribution < 1.29 is 0 Å². The minimum atomic E-state index is -0.0798. The first-order valence-electron chi connectivity index (χ1n) is 3.99. The fourth-order valence-corrected chi connectivity index (χ4v) is 2.14. The topological polar surface area (TPSA) is 30.0 Å². The van der Waals surface area contributed by atoms with Gasteiger partial charge in [0.25, 0.3) is 0 Å². The third kappa shape index (κ3) is 2.00. The van der Waals surface area contributed by atoms with E-state index in [4.69, 9.17) is 11.6 Å². The van der Waals surface area contributed by atoms with Gasteiger partial charge in [0.1, 0.15) is 10.2 Å². The number of halogens is 1. The van der Waals surface area contributed by atoms with Crippen LogP contribution >= 0.6 is 22.9 Å². The maximum atomic E-state index is 11.2. The molecule has 2 rings (SSSR count). The lowest BCUT2D eigenvalue weighted by Gasteiger charge is -1.97. The molecule has 1 heterocycles. The molecule has 0 spiro atoms. The molecule has 0 radical (unpaired) electrons. The molecule has 0 aliphatic carbocycles. The molecule has 0 atom stereocenters. The lowest BCUT2D eigenvalue weighted by atomic mass is 10.2. The van der Waals surface area contributed by atoms with Crippen LogP contribution < -0.4 is 4.74 Å². The zero-order chi connectivity index (χ0) is 9.97. The maximum Gasteiger partial charge on any atom is 0.237 e. The smallest absolute Gasteiger partial charge is 0.237 e. The molecule has 0 saturated heterocycles. The zero-order valence-electron chi connectivity index (χ0n) is 7.11. The molecule has 0 saturated carbocycles. The van der Waals surface area contributed by atoms with Gasteiger partial charge in [0.2, 0.25) is 4.74 Å². The monoisotopic (exact) mass is 223 g/mol. The van der Waals surface area contributed by atoms with Crippen molar-refractivity contribution in [3.63, 3.8) is 0 Å². The summed E-state index contributed by atoms with van der Waals surface area (Å²) in [6.07, 6.45) is 0. The van der Waals surface area contributed by atoms with E-state index < -0.39 is 0 Å². The van der Waals surface area contributed by atoms with Crippen LogP contribution in [0.15, 0.2) is 41.2 Å². The fraction of sp³-hybridized carbons (Fsp3) is 0. The van der Waals surface area contributed by atoms with Gasteiger partial charge < -0.3 is 0 Å². The van der Waals surface area contributed by atoms with E-state index in [9.17, 15) is 4.79 Å². The van der Waals surface area contributed by atoms with Crippen LogP contribution in [0.25, 0.3) is 10.6 Å². The summed E-state index contributed by atoms with van der Waals surface area (Å²) in [6, 6.07) is 10.8. The fourth-order valence-electron chi connectivity index (χ4n) is 1.08. The van der Waals surface area contributed by atoms with Gasteiger partial charge >= 0.3 is 0 Å². The van der Waals surface area contributed by atoms with Crippen LogP contribution in [0.3, 0.4) is 0 Å². The van der Waals surface area contributed by atoms with E-state index in [2.05, 4.69) is 4.98 Å². The van der Waals surface area contributed by atoms with Gasteiger partial charge in [-0.1, -0.05) is 53.3 Å². The molecule has 1 aromatic carbocycles. The molecule has 70 valence electrons. The Kier molecular flexibility index (Phi) is 2.61. The molecular formula is C10H6ClNOS. The summed E-state index contributed by atoms with van der Waals surface area (Å²) in [5.41, 5.74) is 0.914. The average molecular weight is 224 g/mol. The molecule has 0 amide bonds. The van der Waals surface area contributed by atoms with Crippen LogP contribution in [0.2, 0.25) is 5.15 Å². The van der Waals surface area contributed by atoms with Gasteiger partial charge in [-0.25, -0.2) is 4.98 Å². The Morgan fingerprint density at radius 2 is 1.93 bits per heavy atom. The highest BCUT2D eigenvalue weighted by atomic mass is 35.5. The molecule has 2 nitrogen and oxygen atoms in total. The summed E-state index contributed by atoms with van der Waals surface area (Å²) in [4.78, 5) is 15.3. The molecule has 0 unspecified atom stereocenters. The minimum Gasteiger partial charge on any atom is -0.278 e. The molecule has 4 heteroatoms. The van der Waals surface area contributed by atoms with Crippen molar-refractivity contribution in [3.05, 3.63) is 51.1 Å². The van der Waals surface area contributed by atoms with Crippen LogP contribution in [0.1, 0.15) is 0 Å². The van der Waals surface area contributed by atoms with E-state index in [0.29, 0.717) is 5.01 Å². The van der Waals surface area contributed by atoms with E-state index in [1.54, 1.807) is 0 Å². The summed E-state index contributed by atoms with van der Waals surface area (Å²) in [7, 11) is 0. The second-order valence-electron chi connectivity index (χ2n) is 2.67. The van der Waals surface area contributed by atoms with Crippen molar-refractivity contribution in [1.29, 1.82) is 0 Å². The minimum absolute atomic E-state index is 0.0798. The van der Waals surface area contributed by atoms with Gasteiger partial charge in [0.05, 0.1) is 0 Å². The van der Waals surface area contributed by atoms with Crippen molar-refractivity contribution in [1.82, 2.24) is 4.98 Å². The molecule has 0 bridgehead atoms. The molecule has 2 aromatic rings. The van der Waals surface area contributed by atoms with E-state index in [0.717, 1.165) is 16.9 Å². The summed E-state index contributed by atoms with van der Waals surface area (Å²) in [5, 5.41) is 0.899. The Morgan fingerprint density at radius 3 is 2.57 bits per heavy atom. The van der Waals surface area contributed by atoms with Gasteiger partial charge in [-0.15, -0.1) is 0 Å². The predicted octanol–water partition coefficient (Wildman–Crippen LogP) is 2.82. The number of hydrogen-bond acceptors (Lipinski definition) is 3. The lowest BCUT2D eigenvalue weighted by molar-refractivity contribution is 1.37. The summed E-state index contributed by atoms with van der Waals surface area (Å²) < 4.78 is -0.0798. The number of aromatic nitrogens is 1. The number of benzene rings is 1. The highest BCUT2D eigenvalue weighted by molar-refractivity contribution is 7.12. The first-order valence-corrected chi connectivity index (χ1v) is 5.18.